The van der Waals surface area contributed by atoms with Crippen LogP contribution in [0.3, 0.4) is 0 Å². The van der Waals surface area contributed by atoms with Crippen molar-refractivity contribution in [3.63, 3.8) is 0 Å². The fraction of sp³-hybridized carbons (Fsp3) is 0.400. The summed E-state index contributed by atoms with van der Waals surface area (Å²) in [7, 11) is 0. The van der Waals surface area contributed by atoms with Gasteiger partial charge in [0.2, 0.25) is 0 Å². The number of furan rings is 1. The fourth-order valence-electron chi connectivity index (χ4n) is 1.08. The van der Waals surface area contributed by atoms with E-state index >= 15 is 0 Å². The molecule has 0 saturated heterocycles. The van der Waals surface area contributed by atoms with E-state index in [9.17, 15) is 0 Å². The SMILES string of the molecule is [CH2-][CH+]CC(C)c1ccc(C)o1. The second kappa shape index (κ2) is 3.51. The topological polar surface area (TPSA) is 13.1 Å². The summed E-state index contributed by atoms with van der Waals surface area (Å²) in [5.41, 5.74) is 0. The lowest BCUT2D eigenvalue weighted by Gasteiger charge is -2.01. The van der Waals surface area contributed by atoms with E-state index in [4.69, 9.17) is 4.42 Å². The largest absolute Gasteiger partial charge is 0.466 e. The van der Waals surface area contributed by atoms with Gasteiger partial charge in [-0.05, 0) is 19.1 Å². The number of hydrogen-bond donors (Lipinski definition) is 0. The molecule has 0 aliphatic rings. The maximum atomic E-state index is 5.45. The average Bonchev–Trinajstić information content (AvgIpc) is 2.36. The van der Waals surface area contributed by atoms with E-state index in [1.165, 1.54) is 0 Å². The highest BCUT2D eigenvalue weighted by molar-refractivity contribution is 5.10. The molecule has 0 bridgehead atoms. The first-order valence-corrected chi connectivity index (χ1v) is 3.91. The number of hydrogen-bond acceptors (Lipinski definition) is 1. The summed E-state index contributed by atoms with van der Waals surface area (Å²) in [5.74, 6) is 2.50. The van der Waals surface area contributed by atoms with Crippen LogP contribution in [0.25, 0.3) is 0 Å². The molecule has 0 aromatic carbocycles. The maximum absolute atomic E-state index is 5.45. The Labute approximate surface area is 68.4 Å². The van der Waals surface area contributed by atoms with Crippen LogP contribution >= 0.6 is 0 Å². The first-order valence-electron chi connectivity index (χ1n) is 3.91. The Kier molecular flexibility index (Phi) is 2.64. The van der Waals surface area contributed by atoms with Gasteiger partial charge in [0.25, 0.3) is 0 Å². The van der Waals surface area contributed by atoms with Crippen LogP contribution in [0.4, 0.5) is 0 Å². The molecule has 1 heteroatoms. The van der Waals surface area contributed by atoms with Crippen molar-refractivity contribution < 1.29 is 4.42 Å². The predicted octanol–water partition coefficient (Wildman–Crippen LogP) is 3.12. The molecule has 1 aromatic rings. The second-order valence-electron chi connectivity index (χ2n) is 2.87. The smallest absolute Gasteiger partial charge is 0.111 e. The Hall–Kier alpha value is -0.850. The van der Waals surface area contributed by atoms with Gasteiger partial charge < -0.3 is 4.42 Å². The Bertz CT molecular complexity index is 212. The lowest BCUT2D eigenvalue weighted by atomic mass is 10.0. The lowest BCUT2D eigenvalue weighted by Crippen LogP contribution is -1.89. The molecule has 0 aliphatic carbocycles. The zero-order valence-electron chi connectivity index (χ0n) is 7.13. The van der Waals surface area contributed by atoms with Crippen LogP contribution in [0.15, 0.2) is 16.5 Å². The van der Waals surface area contributed by atoms with E-state index in [0.717, 1.165) is 17.9 Å². The van der Waals surface area contributed by atoms with Crippen molar-refractivity contribution in [1.82, 2.24) is 0 Å². The summed E-state index contributed by atoms with van der Waals surface area (Å²) in [4.78, 5) is 0. The molecule has 1 atom stereocenters. The van der Waals surface area contributed by atoms with Gasteiger partial charge in [0.1, 0.15) is 11.5 Å². The molecule has 1 heterocycles. The van der Waals surface area contributed by atoms with Crippen molar-refractivity contribution in [3.8, 4) is 0 Å². The van der Waals surface area contributed by atoms with Gasteiger partial charge in [-0.15, -0.1) is 6.92 Å². The van der Waals surface area contributed by atoms with Crippen molar-refractivity contribution in [2.45, 2.75) is 26.2 Å². The monoisotopic (exact) mass is 150 g/mol. The van der Waals surface area contributed by atoms with Gasteiger partial charge in [0.05, 0.1) is 12.3 Å². The van der Waals surface area contributed by atoms with Gasteiger partial charge >= 0.3 is 0 Å². The van der Waals surface area contributed by atoms with Crippen molar-refractivity contribution >= 4 is 0 Å². The molecule has 0 spiro atoms. The Morgan fingerprint density at radius 2 is 2.36 bits per heavy atom. The van der Waals surface area contributed by atoms with Crippen molar-refractivity contribution in [3.05, 3.63) is 37.0 Å². The van der Waals surface area contributed by atoms with Crippen LogP contribution in [0.1, 0.15) is 30.8 Å². The van der Waals surface area contributed by atoms with Gasteiger partial charge in [0.15, 0.2) is 0 Å². The highest BCUT2D eigenvalue weighted by Crippen LogP contribution is 2.21. The molecular weight excluding hydrogens is 136 g/mol. The summed E-state index contributed by atoms with van der Waals surface area (Å²) in [6.07, 6.45) is 2.90. The normalized spacial score (nSPS) is 13.0. The molecule has 11 heavy (non-hydrogen) atoms. The molecule has 1 nitrogen and oxygen atoms in total. The van der Waals surface area contributed by atoms with Crippen molar-refractivity contribution in [2.24, 2.45) is 0 Å². The third-order valence-corrected chi connectivity index (χ3v) is 1.77. The average molecular weight is 150 g/mol. The second-order valence-corrected chi connectivity index (χ2v) is 2.87. The first kappa shape index (κ1) is 8.25. The van der Waals surface area contributed by atoms with Gasteiger partial charge in [-0.25, -0.2) is 0 Å². The van der Waals surface area contributed by atoms with Crippen LogP contribution < -0.4 is 0 Å². The summed E-state index contributed by atoms with van der Waals surface area (Å²) in [5, 5.41) is 0. The van der Waals surface area contributed by atoms with Gasteiger partial charge in [-0.3, -0.25) is 0 Å². The summed E-state index contributed by atoms with van der Waals surface area (Å²) in [6, 6.07) is 4.03. The zero-order chi connectivity index (χ0) is 8.27. The third-order valence-electron chi connectivity index (χ3n) is 1.77. The third kappa shape index (κ3) is 2.04. The molecule has 0 aliphatic heterocycles. The number of rotatable bonds is 3. The minimum Gasteiger partial charge on any atom is -0.466 e. The minimum absolute atomic E-state index is 0.459. The quantitative estimate of drug-likeness (QED) is 0.603. The van der Waals surface area contributed by atoms with E-state index in [-0.39, 0.29) is 0 Å². The Morgan fingerprint density at radius 3 is 2.82 bits per heavy atom. The molecule has 0 radical (unpaired) electrons. The van der Waals surface area contributed by atoms with Crippen LogP contribution in [0.2, 0.25) is 0 Å². The van der Waals surface area contributed by atoms with Crippen molar-refractivity contribution in [1.29, 1.82) is 0 Å². The molecule has 60 valence electrons. The molecule has 1 rings (SSSR count). The number of aryl methyl sites for hydroxylation is 1. The molecule has 0 fully saturated rings. The van der Waals surface area contributed by atoms with E-state index in [1.807, 2.05) is 25.5 Å². The van der Waals surface area contributed by atoms with Crippen LogP contribution in [-0.2, 0) is 0 Å². The molecule has 0 saturated carbocycles. The molecule has 0 N–H and O–H groups in total. The summed E-state index contributed by atoms with van der Waals surface area (Å²) >= 11 is 0. The Balaban J connectivity index is 2.60. The van der Waals surface area contributed by atoms with Gasteiger partial charge in [-0.2, -0.15) is 0 Å². The fourth-order valence-corrected chi connectivity index (χ4v) is 1.08. The van der Waals surface area contributed by atoms with Crippen LogP contribution in [-0.4, -0.2) is 0 Å². The molecule has 0 amide bonds. The summed E-state index contributed by atoms with van der Waals surface area (Å²) < 4.78 is 5.45. The van der Waals surface area contributed by atoms with Gasteiger partial charge in [-0.1, -0.05) is 13.3 Å². The van der Waals surface area contributed by atoms with E-state index in [1.54, 1.807) is 0 Å². The van der Waals surface area contributed by atoms with E-state index in [2.05, 4.69) is 13.8 Å². The molecular formula is C10H14O. The standard InChI is InChI=1S/C10H14O/c1-4-5-8(2)10-7-6-9(3)11-10/h4,6-8H,1,5H2,2-3H3. The highest BCUT2D eigenvalue weighted by atomic mass is 16.3. The highest BCUT2D eigenvalue weighted by Gasteiger charge is 2.09. The first-order chi connectivity index (χ1) is 5.24. The lowest BCUT2D eigenvalue weighted by molar-refractivity contribution is 0.452. The minimum atomic E-state index is 0.459. The van der Waals surface area contributed by atoms with E-state index in [0.29, 0.717) is 5.92 Å². The van der Waals surface area contributed by atoms with Crippen molar-refractivity contribution in [2.75, 3.05) is 0 Å². The van der Waals surface area contributed by atoms with Gasteiger partial charge in [0, 0.05) is 0 Å². The molecule has 1 aromatic heterocycles. The van der Waals surface area contributed by atoms with E-state index < -0.39 is 0 Å². The molecule has 1 unspecified atom stereocenters. The zero-order valence-corrected chi connectivity index (χ0v) is 7.13. The Morgan fingerprint density at radius 1 is 1.64 bits per heavy atom. The van der Waals surface area contributed by atoms with Crippen LogP contribution in [0, 0.1) is 20.3 Å². The van der Waals surface area contributed by atoms with Crippen LogP contribution in [0.5, 0.6) is 0 Å². The maximum Gasteiger partial charge on any atom is 0.111 e. The summed E-state index contributed by atoms with van der Waals surface area (Å²) in [6.45, 7) is 7.79. The predicted molar refractivity (Wildman–Crippen MR) is 46.1 cm³/mol.